The molecule has 0 bridgehead atoms. The van der Waals surface area contributed by atoms with Crippen molar-refractivity contribution >= 4 is 11.6 Å². The Balaban J connectivity index is 2.05. The number of aryl methyl sites for hydroxylation is 1. The maximum Gasteiger partial charge on any atom is 0.0443 e. The molecule has 0 radical (unpaired) electrons. The summed E-state index contributed by atoms with van der Waals surface area (Å²) in [5.41, 5.74) is 10.5. The van der Waals surface area contributed by atoms with Crippen LogP contribution in [0.15, 0.2) is 12.1 Å². The van der Waals surface area contributed by atoms with E-state index in [1.807, 2.05) is 0 Å². The van der Waals surface area contributed by atoms with Gasteiger partial charge in [-0.15, -0.1) is 0 Å². The van der Waals surface area contributed by atoms with Crippen molar-refractivity contribution in [3.8, 4) is 0 Å². The number of halogens is 1. The Morgan fingerprint density at radius 3 is 2.62 bits per heavy atom. The van der Waals surface area contributed by atoms with Crippen molar-refractivity contribution in [1.82, 2.24) is 0 Å². The maximum atomic E-state index is 6.38. The molecule has 1 fully saturated rings. The maximum absolute atomic E-state index is 6.38. The predicted molar refractivity (Wildman–Crippen MR) is 68.1 cm³/mol. The van der Waals surface area contributed by atoms with Gasteiger partial charge in [-0.1, -0.05) is 24.1 Å². The summed E-state index contributed by atoms with van der Waals surface area (Å²) in [4.78, 5) is 0. The van der Waals surface area contributed by atoms with Gasteiger partial charge >= 0.3 is 0 Å². The topological polar surface area (TPSA) is 26.0 Å². The molecule has 3 rings (SSSR count). The summed E-state index contributed by atoms with van der Waals surface area (Å²) in [7, 11) is 0. The molecule has 2 heteroatoms. The van der Waals surface area contributed by atoms with Crippen LogP contribution in [0.3, 0.4) is 0 Å². The molecule has 2 N–H and O–H groups in total. The second kappa shape index (κ2) is 3.75. The molecule has 0 aromatic heterocycles. The lowest BCUT2D eigenvalue weighted by Gasteiger charge is -2.42. The third kappa shape index (κ3) is 1.42. The Morgan fingerprint density at radius 1 is 1.19 bits per heavy atom. The van der Waals surface area contributed by atoms with Gasteiger partial charge in [0.25, 0.3) is 0 Å². The molecule has 0 atom stereocenters. The van der Waals surface area contributed by atoms with E-state index >= 15 is 0 Å². The van der Waals surface area contributed by atoms with Gasteiger partial charge in [-0.2, -0.15) is 0 Å². The van der Waals surface area contributed by atoms with Gasteiger partial charge in [-0.3, -0.25) is 0 Å². The van der Waals surface area contributed by atoms with E-state index in [1.165, 1.54) is 48.8 Å². The average molecular weight is 236 g/mol. The largest absolute Gasteiger partial charge is 0.330 e. The van der Waals surface area contributed by atoms with Crippen molar-refractivity contribution in [3.63, 3.8) is 0 Å². The normalized spacial score (nSPS) is 21.6. The van der Waals surface area contributed by atoms with Gasteiger partial charge in [0.15, 0.2) is 0 Å². The molecule has 86 valence electrons. The van der Waals surface area contributed by atoms with Crippen molar-refractivity contribution in [2.75, 3.05) is 6.54 Å². The van der Waals surface area contributed by atoms with Crippen molar-refractivity contribution in [1.29, 1.82) is 0 Å². The summed E-state index contributed by atoms with van der Waals surface area (Å²) < 4.78 is 0. The van der Waals surface area contributed by atoms with Crippen LogP contribution in [0.5, 0.6) is 0 Å². The monoisotopic (exact) mass is 235 g/mol. The SMILES string of the molecule is NCC1(c2cc(Cl)c3c(c2)CCC3)CCC1. The van der Waals surface area contributed by atoms with Gasteiger partial charge in [-0.05, 0) is 54.9 Å². The van der Waals surface area contributed by atoms with Crippen molar-refractivity contribution in [2.24, 2.45) is 5.73 Å². The van der Waals surface area contributed by atoms with Crippen LogP contribution in [0.25, 0.3) is 0 Å². The van der Waals surface area contributed by atoms with E-state index in [2.05, 4.69) is 12.1 Å². The summed E-state index contributed by atoms with van der Waals surface area (Å²) in [6.07, 6.45) is 7.39. The van der Waals surface area contributed by atoms with Gasteiger partial charge < -0.3 is 5.73 Å². The summed E-state index contributed by atoms with van der Waals surface area (Å²) in [5, 5.41) is 0.977. The van der Waals surface area contributed by atoms with Crippen LogP contribution < -0.4 is 5.73 Å². The minimum Gasteiger partial charge on any atom is -0.330 e. The zero-order valence-corrected chi connectivity index (χ0v) is 10.3. The zero-order valence-electron chi connectivity index (χ0n) is 9.56. The van der Waals surface area contributed by atoms with E-state index in [0.29, 0.717) is 0 Å². The van der Waals surface area contributed by atoms with Crippen molar-refractivity contribution in [2.45, 2.75) is 43.9 Å². The number of nitrogens with two attached hydrogens (primary N) is 1. The second-order valence-corrected chi connectivity index (χ2v) is 5.69. The first kappa shape index (κ1) is 10.6. The highest BCUT2D eigenvalue weighted by molar-refractivity contribution is 6.31. The molecule has 2 aliphatic carbocycles. The zero-order chi connectivity index (χ0) is 11.2. The third-order valence-corrected chi connectivity index (χ3v) is 4.81. The average Bonchev–Trinajstić information content (AvgIpc) is 2.65. The number of hydrogen-bond acceptors (Lipinski definition) is 1. The van der Waals surface area contributed by atoms with Crippen LogP contribution in [0.2, 0.25) is 5.02 Å². The van der Waals surface area contributed by atoms with E-state index in [0.717, 1.165) is 18.0 Å². The quantitative estimate of drug-likeness (QED) is 0.837. The van der Waals surface area contributed by atoms with Crippen LogP contribution in [-0.2, 0) is 18.3 Å². The second-order valence-electron chi connectivity index (χ2n) is 5.29. The van der Waals surface area contributed by atoms with Crippen LogP contribution in [0, 0.1) is 0 Å². The Bertz CT molecular complexity index is 415. The highest BCUT2D eigenvalue weighted by atomic mass is 35.5. The predicted octanol–water partition coefficient (Wildman–Crippen LogP) is 3.21. The smallest absolute Gasteiger partial charge is 0.0443 e. The first-order valence-corrected chi connectivity index (χ1v) is 6.65. The van der Waals surface area contributed by atoms with Crippen LogP contribution in [0.1, 0.15) is 42.4 Å². The fourth-order valence-electron chi connectivity index (χ4n) is 3.17. The summed E-state index contributed by atoms with van der Waals surface area (Å²) in [6.45, 7) is 0.766. The molecule has 1 aromatic rings. The van der Waals surface area contributed by atoms with Gasteiger partial charge in [0, 0.05) is 17.0 Å². The van der Waals surface area contributed by atoms with Gasteiger partial charge in [0.2, 0.25) is 0 Å². The van der Waals surface area contributed by atoms with Crippen molar-refractivity contribution < 1.29 is 0 Å². The molecule has 0 spiro atoms. The molecule has 1 saturated carbocycles. The molecule has 1 aromatic carbocycles. The minimum atomic E-state index is 0.251. The summed E-state index contributed by atoms with van der Waals surface area (Å²) >= 11 is 6.38. The number of rotatable bonds is 2. The fraction of sp³-hybridized carbons (Fsp3) is 0.571. The molecule has 0 unspecified atom stereocenters. The minimum absolute atomic E-state index is 0.251. The van der Waals surface area contributed by atoms with E-state index < -0.39 is 0 Å². The fourth-order valence-corrected chi connectivity index (χ4v) is 3.51. The molecule has 2 aliphatic rings. The molecule has 0 aliphatic heterocycles. The highest BCUT2D eigenvalue weighted by Gasteiger charge is 2.38. The van der Waals surface area contributed by atoms with E-state index in [-0.39, 0.29) is 5.41 Å². The Labute approximate surface area is 102 Å². The number of benzene rings is 1. The first-order chi connectivity index (χ1) is 7.75. The van der Waals surface area contributed by atoms with Gasteiger partial charge in [0.1, 0.15) is 0 Å². The summed E-state index contributed by atoms with van der Waals surface area (Å²) in [6, 6.07) is 4.55. The standard InChI is InChI=1S/C14H18ClN/c15-13-8-11(14(9-16)5-2-6-14)7-10-3-1-4-12(10)13/h7-8H,1-6,9,16H2. The van der Waals surface area contributed by atoms with Crippen LogP contribution in [-0.4, -0.2) is 6.54 Å². The highest BCUT2D eigenvalue weighted by Crippen LogP contribution is 2.45. The summed E-state index contributed by atoms with van der Waals surface area (Å²) in [5.74, 6) is 0. The molecule has 16 heavy (non-hydrogen) atoms. The molecule has 1 nitrogen and oxygen atoms in total. The van der Waals surface area contributed by atoms with Gasteiger partial charge in [-0.25, -0.2) is 0 Å². The Kier molecular flexibility index (Phi) is 2.49. The third-order valence-electron chi connectivity index (χ3n) is 4.47. The number of hydrogen-bond donors (Lipinski definition) is 1. The first-order valence-electron chi connectivity index (χ1n) is 6.27. The Hall–Kier alpha value is -0.530. The molecular formula is C14H18ClN. The molecular weight excluding hydrogens is 218 g/mol. The van der Waals surface area contributed by atoms with Gasteiger partial charge in [0.05, 0.1) is 0 Å². The van der Waals surface area contributed by atoms with E-state index in [4.69, 9.17) is 17.3 Å². The van der Waals surface area contributed by atoms with E-state index in [1.54, 1.807) is 0 Å². The lowest BCUT2D eigenvalue weighted by atomic mass is 9.64. The number of fused-ring (bicyclic) bond motifs is 1. The van der Waals surface area contributed by atoms with E-state index in [9.17, 15) is 0 Å². The lowest BCUT2D eigenvalue weighted by molar-refractivity contribution is 0.253. The molecule has 0 heterocycles. The van der Waals surface area contributed by atoms with Crippen LogP contribution >= 0.6 is 11.6 Å². The molecule has 0 saturated heterocycles. The Morgan fingerprint density at radius 2 is 2.00 bits per heavy atom. The van der Waals surface area contributed by atoms with Crippen LogP contribution in [0.4, 0.5) is 0 Å². The van der Waals surface area contributed by atoms with Crippen molar-refractivity contribution in [3.05, 3.63) is 33.8 Å². The lowest BCUT2D eigenvalue weighted by Crippen LogP contribution is -2.41. The molecule has 0 amide bonds.